The van der Waals surface area contributed by atoms with E-state index in [4.69, 9.17) is 10.5 Å². The second-order valence-electron chi connectivity index (χ2n) is 3.31. The minimum atomic E-state index is -0.534. The number of benzene rings is 1. The van der Waals surface area contributed by atoms with Gasteiger partial charge in [-0.05, 0) is 12.5 Å². The smallest absolute Gasteiger partial charge is 0.430 e. The fourth-order valence-electron chi connectivity index (χ4n) is 1.09. The van der Waals surface area contributed by atoms with Crippen LogP contribution in [0.3, 0.4) is 0 Å². The molecule has 94 valence electrons. The Kier molecular flexibility index (Phi) is 6.74. The number of amidine groups is 1. The van der Waals surface area contributed by atoms with Gasteiger partial charge in [-0.2, -0.15) is 10.1 Å². The molecule has 6 heteroatoms. The second kappa shape index (κ2) is 7.51. The molecule has 0 aliphatic carbocycles. The van der Waals surface area contributed by atoms with Crippen LogP contribution in [0.15, 0.2) is 35.4 Å². The largest absolute Gasteiger partial charge is 0.443 e. The first-order valence-corrected chi connectivity index (χ1v) is 4.84. The van der Waals surface area contributed by atoms with Crippen molar-refractivity contribution in [2.75, 3.05) is 7.05 Å². The van der Waals surface area contributed by atoms with Gasteiger partial charge in [-0.3, -0.25) is 0 Å². The van der Waals surface area contributed by atoms with Crippen LogP contribution in [0, 0.1) is 0 Å². The van der Waals surface area contributed by atoms with Gasteiger partial charge >= 0.3 is 6.09 Å². The number of halogens is 1. The lowest BCUT2D eigenvalue weighted by atomic mass is 10.2. The fourth-order valence-corrected chi connectivity index (χ4v) is 1.09. The number of ether oxygens (including phenoxy) is 1. The molecule has 0 fully saturated rings. The van der Waals surface area contributed by atoms with E-state index in [1.165, 1.54) is 7.05 Å². The van der Waals surface area contributed by atoms with Crippen molar-refractivity contribution in [2.45, 2.75) is 13.5 Å². The summed E-state index contributed by atoms with van der Waals surface area (Å²) in [7, 11) is 1.49. The minimum absolute atomic E-state index is 0. The molecule has 1 aromatic carbocycles. The van der Waals surface area contributed by atoms with E-state index in [1.54, 1.807) is 6.92 Å². The molecule has 0 radical (unpaired) electrons. The van der Waals surface area contributed by atoms with E-state index in [-0.39, 0.29) is 19.0 Å². The summed E-state index contributed by atoms with van der Waals surface area (Å²) in [5.41, 5.74) is 6.27. The van der Waals surface area contributed by atoms with Crippen LogP contribution >= 0.6 is 12.4 Å². The molecule has 0 bridgehead atoms. The van der Waals surface area contributed by atoms with Gasteiger partial charge in [0.05, 0.1) is 0 Å². The molecule has 0 heterocycles. The molecule has 0 atom stereocenters. The van der Waals surface area contributed by atoms with Gasteiger partial charge < -0.3 is 10.5 Å². The summed E-state index contributed by atoms with van der Waals surface area (Å²) in [6.45, 7) is 1.82. The number of nitrogens with two attached hydrogens (primary N) is 1. The first-order chi connectivity index (χ1) is 7.59. The number of hydrazone groups is 1. The molecule has 5 nitrogen and oxygen atoms in total. The molecule has 0 spiro atoms. The Morgan fingerprint density at radius 1 is 1.41 bits per heavy atom. The van der Waals surface area contributed by atoms with Gasteiger partial charge in [0, 0.05) is 7.05 Å². The van der Waals surface area contributed by atoms with Crippen molar-refractivity contribution in [3.63, 3.8) is 0 Å². The van der Waals surface area contributed by atoms with Crippen LogP contribution in [0.1, 0.15) is 12.5 Å². The quantitative estimate of drug-likeness (QED) is 0.511. The summed E-state index contributed by atoms with van der Waals surface area (Å²) in [6.07, 6.45) is -0.534. The van der Waals surface area contributed by atoms with Gasteiger partial charge in [0.2, 0.25) is 0 Å². The molecule has 0 saturated carbocycles. The molecule has 0 unspecified atom stereocenters. The summed E-state index contributed by atoms with van der Waals surface area (Å²) in [6, 6.07) is 9.43. The maximum atomic E-state index is 11.4. The van der Waals surface area contributed by atoms with Gasteiger partial charge in [-0.1, -0.05) is 30.3 Å². The molecule has 1 amide bonds. The normalized spacial score (nSPS) is 10.4. The molecule has 0 aliphatic rings. The van der Waals surface area contributed by atoms with Crippen LogP contribution in [0.25, 0.3) is 0 Å². The maximum absolute atomic E-state index is 11.4. The van der Waals surface area contributed by atoms with Crippen molar-refractivity contribution in [3.8, 4) is 0 Å². The highest BCUT2D eigenvalue weighted by molar-refractivity contribution is 5.85. The highest BCUT2D eigenvalue weighted by atomic mass is 35.5. The molecular formula is C11H16ClN3O2. The van der Waals surface area contributed by atoms with Crippen LogP contribution in [0.2, 0.25) is 0 Å². The predicted molar refractivity (Wildman–Crippen MR) is 68.9 cm³/mol. The van der Waals surface area contributed by atoms with Crippen LogP contribution in [-0.2, 0) is 11.3 Å². The standard InChI is InChI=1S/C11H15N3O2.ClH/c1-9(12)13-14(2)11(15)16-8-10-6-4-3-5-7-10;/h3-7H,8H2,1-2H3,(H2,12,13);1H. The lowest BCUT2D eigenvalue weighted by molar-refractivity contribution is 0.106. The maximum Gasteiger partial charge on any atom is 0.430 e. The summed E-state index contributed by atoms with van der Waals surface area (Å²) in [4.78, 5) is 11.4. The van der Waals surface area contributed by atoms with Gasteiger partial charge in [0.25, 0.3) is 0 Å². The summed E-state index contributed by atoms with van der Waals surface area (Å²) in [5.74, 6) is 0.305. The second-order valence-corrected chi connectivity index (χ2v) is 3.31. The van der Waals surface area contributed by atoms with Crippen molar-refractivity contribution < 1.29 is 9.53 Å². The van der Waals surface area contributed by atoms with Crippen LogP contribution in [-0.4, -0.2) is 24.0 Å². The van der Waals surface area contributed by atoms with E-state index in [0.29, 0.717) is 5.84 Å². The number of hydrogen-bond donors (Lipinski definition) is 1. The van der Waals surface area contributed by atoms with E-state index >= 15 is 0 Å². The van der Waals surface area contributed by atoms with E-state index in [9.17, 15) is 4.79 Å². The first-order valence-electron chi connectivity index (χ1n) is 4.84. The number of amides is 1. The Balaban J connectivity index is 0.00000256. The third-order valence-electron chi connectivity index (χ3n) is 1.78. The van der Waals surface area contributed by atoms with Crippen molar-refractivity contribution in [3.05, 3.63) is 35.9 Å². The van der Waals surface area contributed by atoms with Crippen molar-refractivity contribution >= 4 is 24.3 Å². The number of carbonyl (C=O) groups excluding carboxylic acids is 1. The molecule has 1 rings (SSSR count). The summed E-state index contributed by atoms with van der Waals surface area (Å²) in [5, 5.41) is 4.81. The summed E-state index contributed by atoms with van der Waals surface area (Å²) < 4.78 is 5.02. The van der Waals surface area contributed by atoms with Crippen molar-refractivity contribution in [1.29, 1.82) is 0 Å². The first kappa shape index (κ1) is 15.2. The number of hydrogen-bond acceptors (Lipinski definition) is 3. The lowest BCUT2D eigenvalue weighted by Gasteiger charge is -2.11. The van der Waals surface area contributed by atoms with Crippen LogP contribution < -0.4 is 5.73 Å². The molecule has 2 N–H and O–H groups in total. The fraction of sp³-hybridized carbons (Fsp3) is 0.273. The number of carbonyl (C=O) groups is 1. The average Bonchev–Trinajstić information content (AvgIpc) is 2.26. The number of nitrogens with zero attached hydrogens (tertiary/aromatic N) is 2. The Morgan fingerprint density at radius 2 is 2.00 bits per heavy atom. The monoisotopic (exact) mass is 257 g/mol. The van der Waals surface area contributed by atoms with E-state index in [2.05, 4.69) is 5.10 Å². The Labute approximate surface area is 107 Å². The van der Waals surface area contributed by atoms with Crippen LogP contribution in [0.4, 0.5) is 4.79 Å². The molecule has 17 heavy (non-hydrogen) atoms. The zero-order valence-corrected chi connectivity index (χ0v) is 10.6. The Morgan fingerprint density at radius 3 is 2.53 bits per heavy atom. The van der Waals surface area contributed by atoms with Crippen molar-refractivity contribution in [2.24, 2.45) is 10.8 Å². The van der Waals surface area contributed by atoms with Gasteiger partial charge in [0.15, 0.2) is 0 Å². The Hall–Kier alpha value is -1.75. The average molecular weight is 258 g/mol. The highest BCUT2D eigenvalue weighted by Gasteiger charge is 2.08. The van der Waals surface area contributed by atoms with Crippen molar-refractivity contribution in [1.82, 2.24) is 5.01 Å². The van der Waals surface area contributed by atoms with E-state index < -0.39 is 6.09 Å². The van der Waals surface area contributed by atoms with E-state index in [1.807, 2.05) is 30.3 Å². The van der Waals surface area contributed by atoms with Gasteiger partial charge in [0.1, 0.15) is 12.4 Å². The zero-order chi connectivity index (χ0) is 12.0. The van der Waals surface area contributed by atoms with Crippen LogP contribution in [0.5, 0.6) is 0 Å². The molecule has 1 aromatic rings. The molecular weight excluding hydrogens is 242 g/mol. The zero-order valence-electron chi connectivity index (χ0n) is 9.79. The Bertz CT molecular complexity index is 378. The summed E-state index contributed by atoms with van der Waals surface area (Å²) >= 11 is 0. The third-order valence-corrected chi connectivity index (χ3v) is 1.78. The topological polar surface area (TPSA) is 67.9 Å². The number of rotatable bonds is 3. The predicted octanol–water partition coefficient (Wildman–Crippen LogP) is 1.97. The SMILES string of the molecule is CC(N)=NN(C)C(=O)OCc1ccccc1.Cl. The van der Waals surface area contributed by atoms with Gasteiger partial charge in [-0.25, -0.2) is 4.79 Å². The lowest BCUT2D eigenvalue weighted by Crippen LogP contribution is -2.25. The highest BCUT2D eigenvalue weighted by Crippen LogP contribution is 2.02. The molecule has 0 aliphatic heterocycles. The molecule has 0 aromatic heterocycles. The third kappa shape index (κ3) is 5.77. The van der Waals surface area contributed by atoms with E-state index in [0.717, 1.165) is 10.6 Å². The minimum Gasteiger partial charge on any atom is -0.443 e. The van der Waals surface area contributed by atoms with Gasteiger partial charge in [-0.15, -0.1) is 12.4 Å². The molecule has 0 saturated heterocycles.